The number of nitrogens with one attached hydrogen (secondary N) is 1. The lowest BCUT2D eigenvalue weighted by molar-refractivity contribution is -0.116. The molecule has 3 heterocycles. The number of amides is 1. The zero-order chi connectivity index (χ0) is 17.7. The molecule has 1 atom stereocenters. The summed E-state index contributed by atoms with van der Waals surface area (Å²) >= 11 is 0. The maximum Gasteiger partial charge on any atom is 0.225 e. The average molecular weight is 344 g/mol. The van der Waals surface area contributed by atoms with Crippen molar-refractivity contribution in [1.82, 2.24) is 24.8 Å². The maximum absolute atomic E-state index is 12.4. The van der Waals surface area contributed by atoms with Gasteiger partial charge in [-0.25, -0.2) is 9.36 Å². The van der Waals surface area contributed by atoms with Crippen LogP contribution in [0.2, 0.25) is 0 Å². The molecule has 4 aromatic rings. The molecule has 1 unspecified atom stereocenters. The number of fused-ring (bicyclic) bond motifs is 3. The molecular weight excluding hydrogens is 328 g/mol. The van der Waals surface area contributed by atoms with Crippen LogP contribution in [0.3, 0.4) is 0 Å². The van der Waals surface area contributed by atoms with E-state index >= 15 is 0 Å². The van der Waals surface area contributed by atoms with Crippen LogP contribution in [0.1, 0.15) is 23.6 Å². The SMILES string of the molecule is Cn1nnc2c3c(ccc21)C(c1ccnn1-c1ccccc1)CC(=O)N3. The van der Waals surface area contributed by atoms with Gasteiger partial charge in [0.2, 0.25) is 5.91 Å². The van der Waals surface area contributed by atoms with Crippen LogP contribution in [0.5, 0.6) is 0 Å². The lowest BCUT2D eigenvalue weighted by Gasteiger charge is -2.26. The molecule has 1 aliphatic heterocycles. The molecule has 0 fully saturated rings. The molecule has 0 radical (unpaired) electrons. The quantitative estimate of drug-likeness (QED) is 0.606. The van der Waals surface area contributed by atoms with Gasteiger partial charge in [-0.05, 0) is 29.8 Å². The highest BCUT2D eigenvalue weighted by atomic mass is 16.1. The Morgan fingerprint density at radius 2 is 1.96 bits per heavy atom. The van der Waals surface area contributed by atoms with E-state index in [4.69, 9.17) is 0 Å². The topological polar surface area (TPSA) is 77.6 Å². The van der Waals surface area contributed by atoms with Crippen LogP contribution in [0.25, 0.3) is 16.7 Å². The number of aryl methyl sites for hydroxylation is 1. The molecule has 0 aliphatic carbocycles. The number of nitrogens with zero attached hydrogens (tertiary/aromatic N) is 5. The molecule has 0 bridgehead atoms. The van der Waals surface area contributed by atoms with E-state index in [0.29, 0.717) is 11.9 Å². The minimum absolute atomic E-state index is 0.0264. The summed E-state index contributed by atoms with van der Waals surface area (Å²) in [6.45, 7) is 0. The fourth-order valence-electron chi connectivity index (χ4n) is 3.65. The molecular formula is C19H16N6O. The molecule has 2 aromatic carbocycles. The van der Waals surface area contributed by atoms with Crippen molar-refractivity contribution < 1.29 is 4.79 Å². The summed E-state index contributed by atoms with van der Waals surface area (Å²) < 4.78 is 3.60. The second-order valence-electron chi connectivity index (χ2n) is 6.42. The molecule has 1 amide bonds. The van der Waals surface area contributed by atoms with E-state index in [-0.39, 0.29) is 11.8 Å². The largest absolute Gasteiger partial charge is 0.324 e. The highest BCUT2D eigenvalue weighted by molar-refractivity contribution is 6.03. The van der Waals surface area contributed by atoms with Crippen LogP contribution in [-0.4, -0.2) is 30.7 Å². The smallest absolute Gasteiger partial charge is 0.225 e. The molecule has 128 valence electrons. The van der Waals surface area contributed by atoms with E-state index in [2.05, 4.69) is 20.7 Å². The minimum atomic E-state index is -0.0899. The molecule has 7 nitrogen and oxygen atoms in total. The van der Waals surface area contributed by atoms with Gasteiger partial charge in [0, 0.05) is 25.6 Å². The van der Waals surface area contributed by atoms with Gasteiger partial charge >= 0.3 is 0 Å². The highest BCUT2D eigenvalue weighted by Crippen LogP contribution is 2.40. The number of hydrogen-bond donors (Lipinski definition) is 1. The van der Waals surface area contributed by atoms with Crippen molar-refractivity contribution in [2.75, 3.05) is 5.32 Å². The van der Waals surface area contributed by atoms with Crippen molar-refractivity contribution >= 4 is 22.6 Å². The average Bonchev–Trinajstić information content (AvgIpc) is 3.29. The van der Waals surface area contributed by atoms with Gasteiger partial charge in [0.15, 0.2) is 0 Å². The molecule has 0 saturated heterocycles. The molecule has 0 saturated carbocycles. The summed E-state index contributed by atoms with van der Waals surface area (Å²) in [6.07, 6.45) is 2.15. The third kappa shape index (κ3) is 2.13. The minimum Gasteiger partial charge on any atom is -0.324 e. The van der Waals surface area contributed by atoms with Crippen LogP contribution in [0.15, 0.2) is 54.7 Å². The van der Waals surface area contributed by atoms with Gasteiger partial charge in [0.05, 0.1) is 22.6 Å². The second kappa shape index (κ2) is 5.52. The predicted molar refractivity (Wildman–Crippen MR) is 97.2 cm³/mol. The summed E-state index contributed by atoms with van der Waals surface area (Å²) in [5.74, 6) is -0.116. The summed E-state index contributed by atoms with van der Waals surface area (Å²) in [5.41, 5.74) is 5.35. The Labute approximate surface area is 149 Å². The number of rotatable bonds is 2. The number of carbonyl (C=O) groups excluding carboxylic acids is 1. The van der Waals surface area contributed by atoms with Gasteiger partial charge in [-0.1, -0.05) is 29.5 Å². The third-order valence-electron chi connectivity index (χ3n) is 4.88. The predicted octanol–water partition coefficient (Wildman–Crippen LogP) is 2.63. The lowest BCUT2D eigenvalue weighted by atomic mass is 9.87. The Hall–Kier alpha value is -3.48. The normalized spacial score (nSPS) is 16.5. The van der Waals surface area contributed by atoms with Crippen LogP contribution in [-0.2, 0) is 11.8 Å². The molecule has 26 heavy (non-hydrogen) atoms. The van der Waals surface area contributed by atoms with Crippen molar-refractivity contribution in [3.05, 3.63) is 66.0 Å². The van der Waals surface area contributed by atoms with E-state index in [9.17, 15) is 4.79 Å². The number of aromatic nitrogens is 5. The Balaban J connectivity index is 1.70. The fraction of sp³-hybridized carbons (Fsp3) is 0.158. The van der Waals surface area contributed by atoms with Crippen molar-refractivity contribution in [3.8, 4) is 5.69 Å². The van der Waals surface area contributed by atoms with E-state index in [0.717, 1.165) is 28.1 Å². The van der Waals surface area contributed by atoms with Crippen LogP contribution < -0.4 is 5.32 Å². The van der Waals surface area contributed by atoms with Crippen LogP contribution >= 0.6 is 0 Å². The van der Waals surface area contributed by atoms with Gasteiger partial charge in [-0.3, -0.25) is 4.79 Å². The van der Waals surface area contributed by atoms with Gasteiger partial charge in [0.25, 0.3) is 0 Å². The van der Waals surface area contributed by atoms with Crippen LogP contribution in [0.4, 0.5) is 5.69 Å². The third-order valence-corrected chi connectivity index (χ3v) is 4.88. The monoisotopic (exact) mass is 344 g/mol. The Morgan fingerprint density at radius 3 is 2.81 bits per heavy atom. The van der Waals surface area contributed by atoms with Crippen molar-refractivity contribution in [2.24, 2.45) is 7.05 Å². The first kappa shape index (κ1) is 14.8. The van der Waals surface area contributed by atoms with Gasteiger partial charge < -0.3 is 5.32 Å². The second-order valence-corrected chi connectivity index (χ2v) is 6.42. The van der Waals surface area contributed by atoms with E-state index in [1.54, 1.807) is 10.9 Å². The molecule has 0 spiro atoms. The summed E-state index contributed by atoms with van der Waals surface area (Å²) in [6, 6.07) is 16.0. The zero-order valence-corrected chi connectivity index (χ0v) is 14.1. The first-order valence-electron chi connectivity index (χ1n) is 8.44. The first-order valence-corrected chi connectivity index (χ1v) is 8.44. The summed E-state index contributed by atoms with van der Waals surface area (Å²) in [7, 11) is 1.84. The van der Waals surface area contributed by atoms with E-state index < -0.39 is 0 Å². The number of hydrogen-bond acceptors (Lipinski definition) is 4. The van der Waals surface area contributed by atoms with E-state index in [1.165, 1.54) is 0 Å². The number of carbonyl (C=O) groups is 1. The summed E-state index contributed by atoms with van der Waals surface area (Å²) in [5, 5.41) is 15.8. The molecule has 5 rings (SSSR count). The van der Waals surface area contributed by atoms with Crippen molar-refractivity contribution in [3.63, 3.8) is 0 Å². The zero-order valence-electron chi connectivity index (χ0n) is 14.1. The number of anilines is 1. The number of benzene rings is 2. The first-order chi connectivity index (χ1) is 12.7. The molecule has 1 aliphatic rings. The van der Waals surface area contributed by atoms with Crippen molar-refractivity contribution in [2.45, 2.75) is 12.3 Å². The number of para-hydroxylation sites is 1. The van der Waals surface area contributed by atoms with Gasteiger partial charge in [-0.2, -0.15) is 5.10 Å². The Morgan fingerprint density at radius 1 is 1.12 bits per heavy atom. The fourth-order valence-corrected chi connectivity index (χ4v) is 3.65. The van der Waals surface area contributed by atoms with Gasteiger partial charge in [0.1, 0.15) is 5.52 Å². The van der Waals surface area contributed by atoms with Crippen molar-refractivity contribution in [1.29, 1.82) is 0 Å². The Bertz CT molecular complexity index is 1130. The van der Waals surface area contributed by atoms with Crippen LogP contribution in [0, 0.1) is 0 Å². The molecule has 1 N–H and O–H groups in total. The lowest BCUT2D eigenvalue weighted by Crippen LogP contribution is -2.25. The standard InChI is InChI=1S/C19H16N6O/c1-24-16-8-7-13-14(11-17(26)21-18(13)19(16)22-23-24)15-9-10-20-25(15)12-5-3-2-4-6-12/h2-10,14H,11H2,1H3,(H,21,26). The molecule has 2 aromatic heterocycles. The Kier molecular flexibility index (Phi) is 3.15. The van der Waals surface area contributed by atoms with Gasteiger partial charge in [-0.15, -0.1) is 5.10 Å². The maximum atomic E-state index is 12.4. The van der Waals surface area contributed by atoms with E-state index in [1.807, 2.05) is 60.3 Å². The summed E-state index contributed by atoms with van der Waals surface area (Å²) in [4.78, 5) is 12.4. The highest BCUT2D eigenvalue weighted by Gasteiger charge is 2.31. The molecule has 7 heteroatoms.